The molecule has 12 heavy (non-hydrogen) atoms. The van der Waals surface area contributed by atoms with E-state index in [1.165, 1.54) is 0 Å². The zero-order valence-corrected chi connectivity index (χ0v) is 6.22. The summed E-state index contributed by atoms with van der Waals surface area (Å²) in [7, 11) is 0. The van der Waals surface area contributed by atoms with Gasteiger partial charge in [-0.25, -0.2) is 4.39 Å². The molecule has 0 amide bonds. The molecular formula is C6H11FO5. The second-order valence-corrected chi connectivity index (χ2v) is 2.75. The average Bonchev–Trinajstić information content (AvgIpc) is 2.31. The van der Waals surface area contributed by atoms with Crippen LogP contribution < -0.4 is 0 Å². The third-order valence-electron chi connectivity index (χ3n) is 1.90. The highest BCUT2D eigenvalue weighted by Crippen LogP contribution is 2.28. The largest absolute Gasteiger partial charge is 0.391 e. The first-order valence-electron chi connectivity index (χ1n) is 3.48. The van der Waals surface area contributed by atoms with Crippen LogP contribution in [0.1, 0.15) is 0 Å². The van der Waals surface area contributed by atoms with E-state index in [1.807, 2.05) is 0 Å². The molecule has 1 saturated heterocycles. The van der Waals surface area contributed by atoms with Gasteiger partial charge in [-0.15, -0.1) is 0 Å². The minimum Gasteiger partial charge on any atom is -0.391 e. The quantitative estimate of drug-likeness (QED) is 0.386. The normalized spacial score (nSPS) is 48.2. The maximum atomic E-state index is 12.0. The number of hydrogen-bond acceptors (Lipinski definition) is 5. The van der Waals surface area contributed by atoms with Gasteiger partial charge in [0, 0.05) is 0 Å². The third kappa shape index (κ3) is 1.32. The number of hydrogen-bond donors (Lipinski definition) is 4. The molecule has 1 aliphatic rings. The van der Waals surface area contributed by atoms with Crippen molar-refractivity contribution in [1.82, 2.24) is 0 Å². The van der Waals surface area contributed by atoms with E-state index in [2.05, 4.69) is 4.74 Å². The monoisotopic (exact) mass is 181 g/mol. The summed E-state index contributed by atoms with van der Waals surface area (Å²) >= 11 is 0. The lowest BCUT2D eigenvalue weighted by Gasteiger charge is -2.22. The maximum Gasteiger partial charge on any atom is 0.219 e. The van der Waals surface area contributed by atoms with Gasteiger partial charge in [0.25, 0.3) is 0 Å². The zero-order valence-electron chi connectivity index (χ0n) is 6.22. The molecule has 1 unspecified atom stereocenters. The van der Waals surface area contributed by atoms with E-state index in [9.17, 15) is 9.50 Å². The van der Waals surface area contributed by atoms with Gasteiger partial charge in [-0.3, -0.25) is 0 Å². The topological polar surface area (TPSA) is 90.2 Å². The fourth-order valence-electron chi connectivity index (χ4n) is 1.13. The van der Waals surface area contributed by atoms with E-state index in [4.69, 9.17) is 15.3 Å². The summed E-state index contributed by atoms with van der Waals surface area (Å²) in [6.45, 7) is -1.91. The first-order chi connectivity index (χ1) is 5.55. The Balaban J connectivity index is 2.72. The zero-order chi connectivity index (χ0) is 9.35. The van der Waals surface area contributed by atoms with Gasteiger partial charge in [0.15, 0.2) is 0 Å². The Morgan fingerprint density at radius 3 is 2.25 bits per heavy atom. The van der Waals surface area contributed by atoms with Gasteiger partial charge < -0.3 is 25.2 Å². The van der Waals surface area contributed by atoms with Gasteiger partial charge in [0.05, 0.1) is 6.61 Å². The van der Waals surface area contributed by atoms with Crippen LogP contribution in [0, 0.1) is 0 Å². The fourth-order valence-corrected chi connectivity index (χ4v) is 1.13. The standard InChI is InChI=1S/C6H11FO5/c7-1-3-4(9)5(10)6(11,2-8)12-3/h3-5,8-11H,1-2H2/t3-,4-,5+,6?/m1/s1/i7-1. The van der Waals surface area contributed by atoms with Crippen molar-refractivity contribution in [2.24, 2.45) is 0 Å². The lowest BCUT2D eigenvalue weighted by Crippen LogP contribution is -2.46. The molecule has 6 heteroatoms. The van der Waals surface area contributed by atoms with E-state index in [-0.39, 0.29) is 0 Å². The summed E-state index contributed by atoms with van der Waals surface area (Å²) in [5, 5.41) is 35.9. The summed E-state index contributed by atoms with van der Waals surface area (Å²) < 4.78 is 16.5. The summed E-state index contributed by atoms with van der Waals surface area (Å²) in [6, 6.07) is 0. The van der Waals surface area contributed by atoms with E-state index < -0.39 is 37.4 Å². The third-order valence-corrected chi connectivity index (χ3v) is 1.90. The average molecular weight is 181 g/mol. The van der Waals surface area contributed by atoms with Gasteiger partial charge in [0.2, 0.25) is 5.79 Å². The predicted octanol–water partition coefficient (Wildman–Crippen LogP) is -2.24. The van der Waals surface area contributed by atoms with Gasteiger partial charge in [-0.05, 0) is 0 Å². The lowest BCUT2D eigenvalue weighted by atomic mass is 10.1. The summed E-state index contributed by atoms with van der Waals surface area (Å²) in [5.41, 5.74) is 0. The molecular weight excluding hydrogens is 170 g/mol. The molecule has 0 saturated carbocycles. The highest BCUT2D eigenvalue weighted by molar-refractivity contribution is 4.94. The second-order valence-electron chi connectivity index (χ2n) is 2.75. The molecule has 1 aliphatic heterocycles. The molecule has 5 nitrogen and oxygen atoms in total. The van der Waals surface area contributed by atoms with Gasteiger partial charge in [-0.2, -0.15) is 0 Å². The maximum absolute atomic E-state index is 12.0. The van der Waals surface area contributed by atoms with Crippen LogP contribution in [0.4, 0.5) is 4.39 Å². The van der Waals surface area contributed by atoms with Crippen LogP contribution in [-0.2, 0) is 4.74 Å². The number of alkyl halides is 1. The molecule has 72 valence electrons. The van der Waals surface area contributed by atoms with Crippen LogP contribution in [0.5, 0.6) is 0 Å². The first-order valence-corrected chi connectivity index (χ1v) is 3.48. The second kappa shape index (κ2) is 3.23. The predicted molar refractivity (Wildman–Crippen MR) is 34.9 cm³/mol. The fraction of sp³-hybridized carbons (Fsp3) is 1.00. The van der Waals surface area contributed by atoms with E-state index in [1.54, 1.807) is 0 Å². The van der Waals surface area contributed by atoms with Gasteiger partial charge >= 0.3 is 0 Å². The Bertz CT molecular complexity index is 166. The Hall–Kier alpha value is -0.270. The SMILES string of the molecule is OCC1(O)O[C@H](C[18F])[C@@H](O)[C@@H]1O. The Morgan fingerprint density at radius 2 is 2.00 bits per heavy atom. The Kier molecular flexibility index (Phi) is 2.64. The van der Waals surface area contributed by atoms with Crippen LogP contribution >= 0.6 is 0 Å². The Labute approximate surface area is 68.0 Å². The molecule has 1 fully saturated rings. The van der Waals surface area contributed by atoms with E-state index in [0.29, 0.717) is 0 Å². The number of halogens is 1. The van der Waals surface area contributed by atoms with Crippen LogP contribution in [0.3, 0.4) is 0 Å². The molecule has 0 aromatic rings. The minimum absolute atomic E-state index is 0.887. The molecule has 1 rings (SSSR count). The highest BCUT2D eigenvalue weighted by Gasteiger charge is 2.52. The molecule has 0 aliphatic carbocycles. The van der Waals surface area contributed by atoms with Crippen LogP contribution in [0.15, 0.2) is 0 Å². The minimum atomic E-state index is -2.24. The molecule has 4 atom stereocenters. The van der Waals surface area contributed by atoms with Gasteiger partial charge in [-0.1, -0.05) is 0 Å². The number of rotatable bonds is 2. The first kappa shape index (κ1) is 9.82. The van der Waals surface area contributed by atoms with Crippen molar-refractivity contribution in [2.45, 2.75) is 24.1 Å². The van der Waals surface area contributed by atoms with Crippen molar-refractivity contribution in [1.29, 1.82) is 0 Å². The van der Waals surface area contributed by atoms with Crippen molar-refractivity contribution >= 4 is 0 Å². The summed E-state index contributed by atoms with van der Waals surface area (Å²) in [5.74, 6) is -2.24. The molecule has 0 aromatic carbocycles. The molecule has 1 heterocycles. The van der Waals surface area contributed by atoms with Crippen LogP contribution in [-0.4, -0.2) is 57.8 Å². The van der Waals surface area contributed by atoms with Crippen LogP contribution in [0.2, 0.25) is 0 Å². The van der Waals surface area contributed by atoms with Crippen molar-refractivity contribution in [3.05, 3.63) is 0 Å². The molecule has 4 N–H and O–H groups in total. The molecule has 0 aromatic heterocycles. The molecule has 0 spiro atoms. The number of aliphatic hydroxyl groups is 4. The van der Waals surface area contributed by atoms with E-state index in [0.717, 1.165) is 0 Å². The van der Waals surface area contributed by atoms with Gasteiger partial charge in [0.1, 0.15) is 25.0 Å². The van der Waals surface area contributed by atoms with Crippen molar-refractivity contribution in [3.63, 3.8) is 0 Å². The number of aliphatic hydroxyl groups excluding tert-OH is 3. The summed E-state index contributed by atoms with van der Waals surface area (Å²) in [4.78, 5) is 0. The Morgan fingerprint density at radius 1 is 1.42 bits per heavy atom. The lowest BCUT2D eigenvalue weighted by molar-refractivity contribution is -0.246. The van der Waals surface area contributed by atoms with Crippen LogP contribution in [0.25, 0.3) is 0 Å². The molecule has 0 bridgehead atoms. The number of ether oxygens (including phenoxy) is 1. The van der Waals surface area contributed by atoms with E-state index >= 15 is 0 Å². The molecule has 0 radical (unpaired) electrons. The van der Waals surface area contributed by atoms with Crippen molar-refractivity contribution in [2.75, 3.05) is 13.3 Å². The van der Waals surface area contributed by atoms with Crippen molar-refractivity contribution < 1.29 is 29.6 Å². The van der Waals surface area contributed by atoms with Crippen molar-refractivity contribution in [3.8, 4) is 0 Å². The summed E-state index contributed by atoms with van der Waals surface area (Å²) in [6.07, 6.45) is -4.47. The highest BCUT2D eigenvalue weighted by atomic mass is 18.2. The smallest absolute Gasteiger partial charge is 0.219 e.